The van der Waals surface area contributed by atoms with Gasteiger partial charge in [-0.1, -0.05) is 76.3 Å². The highest BCUT2D eigenvalue weighted by molar-refractivity contribution is 5.19. The minimum absolute atomic E-state index is 0.748. The lowest BCUT2D eigenvalue weighted by Crippen LogP contribution is -2.19. The summed E-state index contributed by atoms with van der Waals surface area (Å²) >= 11 is 0. The average Bonchev–Trinajstić information content (AvgIpc) is 2.46. The van der Waals surface area contributed by atoms with Crippen LogP contribution in [0, 0.1) is 11.8 Å². The zero-order chi connectivity index (χ0) is 12.8. The van der Waals surface area contributed by atoms with E-state index in [-0.39, 0.29) is 0 Å². The van der Waals surface area contributed by atoms with E-state index >= 15 is 0 Å². The van der Waals surface area contributed by atoms with E-state index in [9.17, 15) is 0 Å². The summed E-state index contributed by atoms with van der Waals surface area (Å²) in [5.74, 6) is 2.70. The molecule has 0 nitrogen and oxygen atoms in total. The van der Waals surface area contributed by atoms with Crippen molar-refractivity contribution in [3.63, 3.8) is 0 Å². The molecule has 0 spiro atoms. The molecule has 1 aromatic rings. The lowest BCUT2D eigenvalue weighted by atomic mass is 9.73. The van der Waals surface area contributed by atoms with Gasteiger partial charge in [0.25, 0.3) is 0 Å². The Labute approximate surface area is 113 Å². The van der Waals surface area contributed by atoms with Crippen LogP contribution in [0.25, 0.3) is 0 Å². The van der Waals surface area contributed by atoms with Crippen LogP contribution in [-0.4, -0.2) is 0 Å². The van der Waals surface area contributed by atoms with Gasteiger partial charge in [-0.05, 0) is 36.2 Å². The summed E-state index contributed by atoms with van der Waals surface area (Å²) in [4.78, 5) is 0. The van der Waals surface area contributed by atoms with E-state index < -0.39 is 0 Å². The first-order valence-corrected chi connectivity index (χ1v) is 7.86. The van der Waals surface area contributed by atoms with Crippen LogP contribution in [0.4, 0.5) is 0 Å². The topological polar surface area (TPSA) is 0 Å². The highest BCUT2D eigenvalue weighted by Crippen LogP contribution is 2.39. The summed E-state index contributed by atoms with van der Waals surface area (Å²) in [6.07, 6.45) is 10.1. The maximum atomic E-state index is 2.42. The standard InChI is InChI=1S/C18H28/c1-3-4-8-16-11-13-18(14-12-16)15(2)17-9-6-5-7-10-17/h5-7,9-10,15-16,18H,3-4,8,11-14H2,1-2H3. The van der Waals surface area contributed by atoms with Crippen LogP contribution in [0.3, 0.4) is 0 Å². The van der Waals surface area contributed by atoms with Crippen LogP contribution in [0.2, 0.25) is 0 Å². The largest absolute Gasteiger partial charge is 0.0654 e. The second kappa shape index (κ2) is 6.97. The predicted octanol–water partition coefficient (Wildman–Crippen LogP) is 5.79. The van der Waals surface area contributed by atoms with Gasteiger partial charge in [-0.15, -0.1) is 0 Å². The Bertz CT molecular complexity index is 319. The molecule has 0 heterocycles. The summed E-state index contributed by atoms with van der Waals surface area (Å²) in [6.45, 7) is 4.73. The van der Waals surface area contributed by atoms with Gasteiger partial charge >= 0.3 is 0 Å². The van der Waals surface area contributed by atoms with Crippen LogP contribution in [0.5, 0.6) is 0 Å². The predicted molar refractivity (Wildman–Crippen MR) is 79.8 cm³/mol. The summed E-state index contributed by atoms with van der Waals surface area (Å²) in [5.41, 5.74) is 1.54. The molecular weight excluding hydrogens is 216 g/mol. The second-order valence-electron chi connectivity index (χ2n) is 6.12. The van der Waals surface area contributed by atoms with Gasteiger partial charge < -0.3 is 0 Å². The Morgan fingerprint density at radius 3 is 2.33 bits per heavy atom. The summed E-state index contributed by atoms with van der Waals surface area (Å²) < 4.78 is 0. The molecule has 0 saturated heterocycles. The summed E-state index contributed by atoms with van der Waals surface area (Å²) in [7, 11) is 0. The Morgan fingerprint density at radius 2 is 1.72 bits per heavy atom. The van der Waals surface area contributed by atoms with Gasteiger partial charge in [0.1, 0.15) is 0 Å². The number of benzene rings is 1. The smallest absolute Gasteiger partial charge is 0.0162 e. The molecule has 2 rings (SSSR count). The van der Waals surface area contributed by atoms with Gasteiger partial charge in [0.2, 0.25) is 0 Å². The third-order valence-electron chi connectivity index (χ3n) is 4.89. The minimum atomic E-state index is 0.748. The highest BCUT2D eigenvalue weighted by Gasteiger charge is 2.25. The highest BCUT2D eigenvalue weighted by atomic mass is 14.3. The van der Waals surface area contributed by atoms with Gasteiger partial charge in [0.05, 0.1) is 0 Å². The number of unbranched alkanes of at least 4 members (excludes halogenated alkanes) is 1. The van der Waals surface area contributed by atoms with Crippen molar-refractivity contribution in [2.24, 2.45) is 11.8 Å². The third kappa shape index (κ3) is 3.60. The lowest BCUT2D eigenvalue weighted by Gasteiger charge is -2.32. The van der Waals surface area contributed by atoms with E-state index in [0.717, 1.165) is 17.8 Å². The van der Waals surface area contributed by atoms with E-state index in [4.69, 9.17) is 0 Å². The monoisotopic (exact) mass is 244 g/mol. The van der Waals surface area contributed by atoms with Crippen molar-refractivity contribution < 1.29 is 0 Å². The first kappa shape index (κ1) is 13.6. The lowest BCUT2D eigenvalue weighted by molar-refractivity contribution is 0.237. The molecule has 0 aliphatic heterocycles. The molecule has 1 saturated carbocycles. The summed E-state index contributed by atoms with van der Waals surface area (Å²) in [5, 5.41) is 0. The summed E-state index contributed by atoms with van der Waals surface area (Å²) in [6, 6.07) is 11.1. The molecule has 0 N–H and O–H groups in total. The molecule has 1 unspecified atom stereocenters. The Hall–Kier alpha value is -0.780. The second-order valence-corrected chi connectivity index (χ2v) is 6.12. The molecule has 100 valence electrons. The maximum absolute atomic E-state index is 2.42. The Morgan fingerprint density at radius 1 is 1.06 bits per heavy atom. The third-order valence-corrected chi connectivity index (χ3v) is 4.89. The number of hydrogen-bond acceptors (Lipinski definition) is 0. The quantitative estimate of drug-likeness (QED) is 0.615. The SMILES string of the molecule is CCCCC1CCC(C(C)c2ccccc2)CC1. The molecule has 0 heteroatoms. The van der Waals surface area contributed by atoms with Crippen molar-refractivity contribution >= 4 is 0 Å². The molecule has 1 aromatic carbocycles. The fourth-order valence-electron chi connectivity index (χ4n) is 3.50. The van der Waals surface area contributed by atoms with Gasteiger partial charge in [0.15, 0.2) is 0 Å². The maximum Gasteiger partial charge on any atom is -0.0162 e. The molecule has 1 atom stereocenters. The molecular formula is C18H28. The van der Waals surface area contributed by atoms with E-state index in [2.05, 4.69) is 44.2 Å². The molecule has 0 bridgehead atoms. The van der Waals surface area contributed by atoms with E-state index in [1.165, 1.54) is 50.5 Å². The van der Waals surface area contributed by atoms with Crippen molar-refractivity contribution in [1.29, 1.82) is 0 Å². The van der Waals surface area contributed by atoms with Crippen LogP contribution < -0.4 is 0 Å². The molecule has 1 aliphatic carbocycles. The fourth-order valence-corrected chi connectivity index (χ4v) is 3.50. The van der Waals surface area contributed by atoms with E-state index in [0.29, 0.717) is 0 Å². The molecule has 1 fully saturated rings. The van der Waals surface area contributed by atoms with Crippen molar-refractivity contribution in [1.82, 2.24) is 0 Å². The van der Waals surface area contributed by atoms with Gasteiger partial charge in [-0.3, -0.25) is 0 Å². The molecule has 18 heavy (non-hydrogen) atoms. The Balaban J connectivity index is 1.82. The van der Waals surface area contributed by atoms with Gasteiger partial charge in [-0.25, -0.2) is 0 Å². The van der Waals surface area contributed by atoms with Crippen molar-refractivity contribution in [2.75, 3.05) is 0 Å². The zero-order valence-corrected chi connectivity index (χ0v) is 12.1. The van der Waals surface area contributed by atoms with Crippen molar-refractivity contribution in [3.05, 3.63) is 35.9 Å². The van der Waals surface area contributed by atoms with Crippen LogP contribution in [-0.2, 0) is 0 Å². The van der Waals surface area contributed by atoms with Crippen LogP contribution in [0.15, 0.2) is 30.3 Å². The number of hydrogen-bond donors (Lipinski definition) is 0. The van der Waals surface area contributed by atoms with Gasteiger partial charge in [0, 0.05) is 0 Å². The number of rotatable bonds is 5. The fraction of sp³-hybridized carbons (Fsp3) is 0.667. The minimum Gasteiger partial charge on any atom is -0.0654 e. The molecule has 0 amide bonds. The molecule has 1 aliphatic rings. The van der Waals surface area contributed by atoms with Crippen LogP contribution >= 0.6 is 0 Å². The first-order chi connectivity index (χ1) is 8.81. The van der Waals surface area contributed by atoms with Gasteiger partial charge in [-0.2, -0.15) is 0 Å². The molecule has 0 aromatic heterocycles. The average molecular weight is 244 g/mol. The van der Waals surface area contributed by atoms with Crippen molar-refractivity contribution in [3.8, 4) is 0 Å². The molecule has 0 radical (unpaired) electrons. The van der Waals surface area contributed by atoms with E-state index in [1.54, 1.807) is 0 Å². The van der Waals surface area contributed by atoms with Crippen LogP contribution in [0.1, 0.15) is 70.3 Å². The van der Waals surface area contributed by atoms with E-state index in [1.807, 2.05) is 0 Å². The zero-order valence-electron chi connectivity index (χ0n) is 12.1. The van der Waals surface area contributed by atoms with Crippen molar-refractivity contribution in [2.45, 2.75) is 64.7 Å². The normalized spacial score (nSPS) is 25.9. The Kier molecular flexibility index (Phi) is 5.28. The first-order valence-electron chi connectivity index (χ1n) is 7.86.